The molecule has 0 spiro atoms. The fourth-order valence-corrected chi connectivity index (χ4v) is 2.22. The van der Waals surface area contributed by atoms with Crippen molar-refractivity contribution in [3.05, 3.63) is 0 Å². The minimum absolute atomic E-state index is 0.229. The van der Waals surface area contributed by atoms with Gasteiger partial charge in [0, 0.05) is 18.3 Å². The van der Waals surface area contributed by atoms with Gasteiger partial charge in [-0.15, -0.1) is 11.6 Å². The Morgan fingerprint density at radius 2 is 1.65 bits per heavy atom. The van der Waals surface area contributed by atoms with E-state index in [0.717, 1.165) is 50.9 Å². The van der Waals surface area contributed by atoms with Crippen molar-refractivity contribution in [2.24, 2.45) is 5.92 Å². The van der Waals surface area contributed by atoms with Crippen LogP contribution < -0.4 is 5.32 Å². The Labute approximate surface area is 111 Å². The van der Waals surface area contributed by atoms with Crippen molar-refractivity contribution in [1.82, 2.24) is 5.32 Å². The fraction of sp³-hybridized carbons (Fsp3) is 0.929. The number of rotatable bonds is 11. The lowest BCUT2D eigenvalue weighted by Crippen LogP contribution is -2.31. The van der Waals surface area contributed by atoms with Gasteiger partial charge >= 0.3 is 0 Å². The predicted octanol–water partition coefficient (Wildman–Crippen LogP) is 4.12. The zero-order chi connectivity index (χ0) is 12.9. The molecule has 0 saturated carbocycles. The third-order valence-electron chi connectivity index (χ3n) is 3.00. The largest absolute Gasteiger partial charge is 0.356 e. The van der Waals surface area contributed by atoms with Crippen LogP contribution in [0, 0.1) is 5.92 Å². The van der Waals surface area contributed by atoms with Crippen LogP contribution in [0.1, 0.15) is 65.2 Å². The third kappa shape index (κ3) is 9.46. The van der Waals surface area contributed by atoms with E-state index in [2.05, 4.69) is 19.2 Å². The van der Waals surface area contributed by atoms with E-state index in [4.69, 9.17) is 11.6 Å². The quantitative estimate of drug-likeness (QED) is 0.440. The highest BCUT2D eigenvalue weighted by Gasteiger charge is 2.15. The summed E-state index contributed by atoms with van der Waals surface area (Å²) >= 11 is 5.61. The average molecular weight is 262 g/mol. The number of carbonyl (C=O) groups is 1. The van der Waals surface area contributed by atoms with Crippen LogP contribution in [0.5, 0.6) is 0 Å². The number of alkyl halides is 1. The van der Waals surface area contributed by atoms with Crippen molar-refractivity contribution in [1.29, 1.82) is 0 Å². The molecular formula is C14H28ClNO. The Morgan fingerprint density at radius 1 is 1.06 bits per heavy atom. The monoisotopic (exact) mass is 261 g/mol. The van der Waals surface area contributed by atoms with Crippen LogP contribution in [0.2, 0.25) is 0 Å². The first kappa shape index (κ1) is 16.8. The molecule has 0 aliphatic heterocycles. The first-order valence-corrected chi connectivity index (χ1v) is 7.63. The summed E-state index contributed by atoms with van der Waals surface area (Å²) in [6, 6.07) is 0. The van der Waals surface area contributed by atoms with E-state index >= 15 is 0 Å². The number of amides is 1. The number of halogens is 1. The molecule has 0 heterocycles. The van der Waals surface area contributed by atoms with Gasteiger partial charge in [0.15, 0.2) is 0 Å². The van der Waals surface area contributed by atoms with Gasteiger partial charge in [-0.05, 0) is 25.7 Å². The summed E-state index contributed by atoms with van der Waals surface area (Å²) in [6.07, 6.45) is 8.72. The number of unbranched alkanes of at least 4 members (excludes halogenated alkanes) is 3. The summed E-state index contributed by atoms with van der Waals surface area (Å²) in [7, 11) is 0. The molecule has 1 amide bonds. The molecular weight excluding hydrogens is 234 g/mol. The fourth-order valence-electron chi connectivity index (χ4n) is 2.03. The van der Waals surface area contributed by atoms with Crippen LogP contribution in [0.25, 0.3) is 0 Å². The average Bonchev–Trinajstić information content (AvgIpc) is 2.33. The van der Waals surface area contributed by atoms with Crippen LogP contribution in [0.15, 0.2) is 0 Å². The normalized spacial score (nSPS) is 10.8. The first-order valence-electron chi connectivity index (χ1n) is 7.09. The standard InChI is InChI=1S/C14H28ClNO/c1-3-9-13(10-4-2)14(17)16-12-8-6-5-7-11-15/h13H,3-12H2,1-2H3,(H,16,17). The summed E-state index contributed by atoms with van der Waals surface area (Å²) in [4.78, 5) is 11.9. The Kier molecular flexibility index (Phi) is 12.1. The van der Waals surface area contributed by atoms with Gasteiger partial charge in [-0.3, -0.25) is 4.79 Å². The van der Waals surface area contributed by atoms with Crippen LogP contribution in [0.4, 0.5) is 0 Å². The molecule has 2 nitrogen and oxygen atoms in total. The molecule has 102 valence electrons. The molecule has 0 atom stereocenters. The summed E-state index contributed by atoms with van der Waals surface area (Å²) < 4.78 is 0. The number of carbonyl (C=O) groups excluding carboxylic acids is 1. The van der Waals surface area contributed by atoms with Crippen molar-refractivity contribution >= 4 is 17.5 Å². The molecule has 0 unspecified atom stereocenters. The second-order valence-electron chi connectivity index (χ2n) is 4.67. The van der Waals surface area contributed by atoms with Crippen molar-refractivity contribution in [3.63, 3.8) is 0 Å². The van der Waals surface area contributed by atoms with Crippen molar-refractivity contribution in [2.45, 2.75) is 65.2 Å². The van der Waals surface area contributed by atoms with E-state index < -0.39 is 0 Å². The summed E-state index contributed by atoms with van der Waals surface area (Å²) in [5, 5.41) is 3.06. The van der Waals surface area contributed by atoms with E-state index in [1.54, 1.807) is 0 Å². The highest BCUT2D eigenvalue weighted by Crippen LogP contribution is 2.13. The lowest BCUT2D eigenvalue weighted by Gasteiger charge is -2.15. The maximum atomic E-state index is 11.9. The van der Waals surface area contributed by atoms with E-state index in [-0.39, 0.29) is 11.8 Å². The molecule has 0 radical (unpaired) electrons. The van der Waals surface area contributed by atoms with Gasteiger partial charge in [0.05, 0.1) is 0 Å². The molecule has 1 N–H and O–H groups in total. The van der Waals surface area contributed by atoms with Gasteiger partial charge < -0.3 is 5.32 Å². The van der Waals surface area contributed by atoms with Crippen molar-refractivity contribution < 1.29 is 4.79 Å². The lowest BCUT2D eigenvalue weighted by molar-refractivity contribution is -0.125. The molecule has 0 bridgehead atoms. The number of nitrogens with one attached hydrogen (secondary N) is 1. The second kappa shape index (κ2) is 12.2. The molecule has 0 aromatic heterocycles. The molecule has 17 heavy (non-hydrogen) atoms. The number of hydrogen-bond acceptors (Lipinski definition) is 1. The molecule has 0 aliphatic carbocycles. The molecule has 0 aliphatic rings. The van der Waals surface area contributed by atoms with Crippen LogP contribution in [0.3, 0.4) is 0 Å². The summed E-state index contributed by atoms with van der Waals surface area (Å²) in [5.74, 6) is 1.24. The molecule has 3 heteroatoms. The topological polar surface area (TPSA) is 29.1 Å². The van der Waals surface area contributed by atoms with Gasteiger partial charge in [0.25, 0.3) is 0 Å². The van der Waals surface area contributed by atoms with E-state index in [1.165, 1.54) is 12.8 Å². The molecule has 0 aromatic carbocycles. The first-order chi connectivity index (χ1) is 8.26. The predicted molar refractivity (Wildman–Crippen MR) is 75.5 cm³/mol. The van der Waals surface area contributed by atoms with Gasteiger partial charge in [-0.25, -0.2) is 0 Å². The summed E-state index contributed by atoms with van der Waals surface area (Å²) in [6.45, 7) is 5.11. The summed E-state index contributed by atoms with van der Waals surface area (Å²) in [5.41, 5.74) is 0. The maximum absolute atomic E-state index is 11.9. The SMILES string of the molecule is CCCC(CCC)C(=O)NCCCCCCCl. The zero-order valence-electron chi connectivity index (χ0n) is 11.4. The van der Waals surface area contributed by atoms with Crippen LogP contribution >= 0.6 is 11.6 Å². The van der Waals surface area contributed by atoms with Gasteiger partial charge in [0.2, 0.25) is 5.91 Å². The highest BCUT2D eigenvalue weighted by molar-refractivity contribution is 6.17. The van der Waals surface area contributed by atoms with Crippen LogP contribution in [-0.2, 0) is 4.79 Å². The highest BCUT2D eigenvalue weighted by atomic mass is 35.5. The van der Waals surface area contributed by atoms with E-state index in [0.29, 0.717) is 0 Å². The van der Waals surface area contributed by atoms with Crippen molar-refractivity contribution in [2.75, 3.05) is 12.4 Å². The molecule has 0 rings (SSSR count). The number of hydrogen-bond donors (Lipinski definition) is 1. The zero-order valence-corrected chi connectivity index (χ0v) is 12.2. The Morgan fingerprint density at radius 3 is 2.18 bits per heavy atom. The smallest absolute Gasteiger partial charge is 0.223 e. The minimum Gasteiger partial charge on any atom is -0.356 e. The Bertz CT molecular complexity index is 179. The molecule has 0 fully saturated rings. The lowest BCUT2D eigenvalue weighted by atomic mass is 9.97. The van der Waals surface area contributed by atoms with Gasteiger partial charge in [-0.1, -0.05) is 39.5 Å². The Hall–Kier alpha value is -0.240. The second-order valence-corrected chi connectivity index (χ2v) is 5.05. The van der Waals surface area contributed by atoms with E-state index in [1.807, 2.05) is 0 Å². The molecule has 0 saturated heterocycles. The maximum Gasteiger partial charge on any atom is 0.223 e. The van der Waals surface area contributed by atoms with Crippen LogP contribution in [-0.4, -0.2) is 18.3 Å². The Balaban J connectivity index is 3.59. The minimum atomic E-state index is 0.229. The van der Waals surface area contributed by atoms with E-state index in [9.17, 15) is 4.79 Å². The molecule has 0 aromatic rings. The van der Waals surface area contributed by atoms with Gasteiger partial charge in [0.1, 0.15) is 0 Å². The third-order valence-corrected chi connectivity index (χ3v) is 3.27. The van der Waals surface area contributed by atoms with Crippen molar-refractivity contribution in [3.8, 4) is 0 Å². The van der Waals surface area contributed by atoms with Gasteiger partial charge in [-0.2, -0.15) is 0 Å².